The summed E-state index contributed by atoms with van der Waals surface area (Å²) in [7, 11) is -4.28. The van der Waals surface area contributed by atoms with E-state index >= 15 is 0 Å². The van der Waals surface area contributed by atoms with E-state index in [9.17, 15) is 22.0 Å². The molecule has 13 heteroatoms. The number of carbonyl (C=O) groups excluding carboxylic acids is 1. The van der Waals surface area contributed by atoms with Crippen molar-refractivity contribution in [3.63, 3.8) is 0 Å². The molecule has 2 N–H and O–H groups in total. The first-order valence-electron chi connectivity index (χ1n) is 15.2. The van der Waals surface area contributed by atoms with E-state index in [1.54, 1.807) is 17.0 Å². The van der Waals surface area contributed by atoms with E-state index in [1.165, 1.54) is 48.0 Å². The van der Waals surface area contributed by atoms with Gasteiger partial charge in [0, 0.05) is 75.0 Å². The summed E-state index contributed by atoms with van der Waals surface area (Å²) < 4.78 is 62.9. The monoisotopic (exact) mass is 678 g/mol. The number of benzene rings is 3. The Morgan fingerprint density at radius 2 is 1.50 bits per heavy atom. The molecule has 2 aliphatic heterocycles. The molecule has 2 atom stereocenters. The molecule has 2 saturated heterocycles. The molecule has 1 amide bonds. The van der Waals surface area contributed by atoms with E-state index in [0.29, 0.717) is 37.2 Å². The van der Waals surface area contributed by atoms with Crippen molar-refractivity contribution in [3.05, 3.63) is 100 Å². The highest BCUT2D eigenvalue weighted by atomic mass is 35.5. The third-order valence-electron chi connectivity index (χ3n) is 7.84. The van der Waals surface area contributed by atoms with E-state index < -0.39 is 15.9 Å². The van der Waals surface area contributed by atoms with Crippen LogP contribution < -0.4 is 10.1 Å². The number of nitrogens with zero attached hydrogens (tertiary/aromatic N) is 3. The standard InChI is InChI=1S/C21H24ClFN2O5S.C12H17FN2/c1-15-11-24(12-16-2-5-19(23)6-3-16)8-9-25(15)21(26)13-30-20-7-4-18(22)10-17(20)14-31(27,28)29;1-10-8-15(7-6-14-10)9-11-2-4-12(13)5-3-11/h2-7,10,15H,8-9,11-14H2,1H3,(H,27,28,29);2-5,10,14H,6-9H2,1H3/t15-;10-/m11/s1. The summed E-state index contributed by atoms with van der Waals surface area (Å²) in [6, 6.07) is 18.0. The zero-order valence-corrected chi connectivity index (χ0v) is 27.6. The first-order chi connectivity index (χ1) is 21.8. The van der Waals surface area contributed by atoms with Gasteiger partial charge in [0.05, 0.1) is 0 Å². The number of rotatable bonds is 9. The summed E-state index contributed by atoms with van der Waals surface area (Å²) in [5, 5.41) is 3.70. The molecule has 0 bridgehead atoms. The average molecular weight is 679 g/mol. The van der Waals surface area contributed by atoms with Gasteiger partial charge in [-0.1, -0.05) is 35.9 Å². The summed E-state index contributed by atoms with van der Waals surface area (Å²) in [5.41, 5.74) is 2.37. The molecule has 9 nitrogen and oxygen atoms in total. The highest BCUT2D eigenvalue weighted by Gasteiger charge is 2.28. The number of carbonyl (C=O) groups is 1. The Morgan fingerprint density at radius 3 is 2.04 bits per heavy atom. The molecule has 0 aliphatic carbocycles. The van der Waals surface area contributed by atoms with E-state index in [-0.39, 0.29) is 41.5 Å². The molecule has 46 heavy (non-hydrogen) atoms. The maximum atomic E-state index is 13.1. The van der Waals surface area contributed by atoms with Crippen molar-refractivity contribution in [2.75, 3.05) is 45.9 Å². The Labute approximate surface area is 274 Å². The van der Waals surface area contributed by atoms with Crippen molar-refractivity contribution in [2.45, 2.75) is 44.8 Å². The quantitative estimate of drug-likeness (QED) is 0.317. The molecule has 5 rings (SSSR count). The van der Waals surface area contributed by atoms with Crippen molar-refractivity contribution in [1.82, 2.24) is 20.0 Å². The van der Waals surface area contributed by atoms with E-state index in [2.05, 4.69) is 22.0 Å². The van der Waals surface area contributed by atoms with Gasteiger partial charge in [-0.05, 0) is 67.4 Å². The largest absolute Gasteiger partial charge is 0.483 e. The van der Waals surface area contributed by atoms with Gasteiger partial charge in [0.25, 0.3) is 16.0 Å². The van der Waals surface area contributed by atoms with Crippen molar-refractivity contribution in [3.8, 4) is 5.75 Å². The molecule has 2 aliphatic rings. The van der Waals surface area contributed by atoms with Crippen LogP contribution in [0, 0.1) is 11.6 Å². The summed E-state index contributed by atoms with van der Waals surface area (Å²) in [5.74, 6) is -1.13. The Morgan fingerprint density at radius 1 is 0.913 bits per heavy atom. The van der Waals surface area contributed by atoms with Gasteiger partial charge in [-0.15, -0.1) is 0 Å². The minimum absolute atomic E-state index is 0.0483. The first-order valence-corrected chi connectivity index (χ1v) is 17.2. The molecule has 0 radical (unpaired) electrons. The summed E-state index contributed by atoms with van der Waals surface area (Å²) in [6.45, 7) is 10.5. The fourth-order valence-corrected chi connectivity index (χ4v) is 6.43. The molecular formula is C33H41ClF2N4O5S. The lowest BCUT2D eigenvalue weighted by atomic mass is 10.1. The van der Waals surface area contributed by atoms with Crippen LogP contribution in [0.5, 0.6) is 5.75 Å². The number of amides is 1. The average Bonchev–Trinajstić information content (AvgIpc) is 2.99. The zero-order chi connectivity index (χ0) is 33.3. The van der Waals surface area contributed by atoms with Crippen LogP contribution >= 0.6 is 11.6 Å². The number of hydrogen-bond donors (Lipinski definition) is 2. The van der Waals surface area contributed by atoms with Crippen LogP contribution in [0.3, 0.4) is 0 Å². The lowest BCUT2D eigenvalue weighted by molar-refractivity contribution is -0.138. The molecule has 0 unspecified atom stereocenters. The normalized spacial score (nSPS) is 19.3. The van der Waals surface area contributed by atoms with E-state index in [1.807, 2.05) is 19.1 Å². The van der Waals surface area contributed by atoms with E-state index in [0.717, 1.165) is 31.7 Å². The predicted molar refractivity (Wildman–Crippen MR) is 174 cm³/mol. The van der Waals surface area contributed by atoms with E-state index in [4.69, 9.17) is 20.9 Å². The van der Waals surface area contributed by atoms with Crippen LogP contribution in [0.4, 0.5) is 8.78 Å². The third kappa shape index (κ3) is 11.6. The number of nitrogens with one attached hydrogen (secondary N) is 1. The zero-order valence-electron chi connectivity index (χ0n) is 26.0. The highest BCUT2D eigenvalue weighted by molar-refractivity contribution is 7.85. The van der Waals surface area contributed by atoms with Crippen molar-refractivity contribution < 1.29 is 31.3 Å². The van der Waals surface area contributed by atoms with Crippen LogP contribution in [-0.2, 0) is 33.8 Å². The smallest absolute Gasteiger partial charge is 0.269 e. The SMILES string of the molecule is C[C@@H]1CN(Cc2ccc(F)cc2)CCN1.C[C@@H]1CN(Cc2ccc(F)cc2)CCN1C(=O)COc1ccc(Cl)cc1CS(=O)(=O)O. The second-order valence-electron chi connectivity index (χ2n) is 11.8. The van der Waals surface area contributed by atoms with Gasteiger partial charge in [-0.25, -0.2) is 8.78 Å². The van der Waals surface area contributed by atoms with Crippen molar-refractivity contribution in [1.29, 1.82) is 0 Å². The highest BCUT2D eigenvalue weighted by Crippen LogP contribution is 2.25. The lowest BCUT2D eigenvalue weighted by Crippen LogP contribution is -2.54. The van der Waals surface area contributed by atoms with Crippen LogP contribution in [0.1, 0.15) is 30.5 Å². The van der Waals surface area contributed by atoms with Crippen LogP contribution in [0.2, 0.25) is 5.02 Å². The third-order valence-corrected chi connectivity index (χ3v) is 8.75. The maximum absolute atomic E-state index is 13.1. The van der Waals surface area contributed by atoms with Crippen molar-refractivity contribution >= 4 is 27.6 Å². The van der Waals surface area contributed by atoms with Crippen LogP contribution in [-0.4, -0.2) is 91.5 Å². The Hall–Kier alpha value is -3.13. The number of hydrogen-bond acceptors (Lipinski definition) is 7. The second kappa shape index (κ2) is 16.6. The van der Waals surface area contributed by atoms with Gasteiger partial charge in [-0.3, -0.25) is 19.1 Å². The summed E-state index contributed by atoms with van der Waals surface area (Å²) in [4.78, 5) is 19.0. The minimum atomic E-state index is -4.28. The Balaban J connectivity index is 0.000000266. The number of halogens is 3. The van der Waals surface area contributed by atoms with Crippen LogP contribution in [0.25, 0.3) is 0 Å². The second-order valence-corrected chi connectivity index (χ2v) is 13.7. The predicted octanol–water partition coefficient (Wildman–Crippen LogP) is 4.60. The fraction of sp³-hybridized carbons (Fsp3) is 0.424. The van der Waals surface area contributed by atoms with Crippen molar-refractivity contribution in [2.24, 2.45) is 0 Å². The molecule has 2 heterocycles. The molecule has 250 valence electrons. The molecule has 0 spiro atoms. The topological polar surface area (TPSA) is 102 Å². The fourth-order valence-electron chi connectivity index (χ4n) is 5.62. The van der Waals surface area contributed by atoms with Gasteiger partial charge >= 0.3 is 0 Å². The molecule has 0 saturated carbocycles. The van der Waals surface area contributed by atoms with Gasteiger partial charge in [0.2, 0.25) is 0 Å². The lowest BCUT2D eigenvalue weighted by Gasteiger charge is -2.39. The van der Waals surface area contributed by atoms with Crippen LogP contribution in [0.15, 0.2) is 66.7 Å². The Bertz CT molecular complexity index is 1550. The van der Waals surface area contributed by atoms with Gasteiger partial charge < -0.3 is 15.0 Å². The molecular weight excluding hydrogens is 638 g/mol. The maximum Gasteiger partial charge on any atom is 0.269 e. The van der Waals surface area contributed by atoms with Gasteiger partial charge in [-0.2, -0.15) is 8.42 Å². The summed E-state index contributed by atoms with van der Waals surface area (Å²) >= 11 is 5.90. The number of ether oxygens (including phenoxy) is 1. The summed E-state index contributed by atoms with van der Waals surface area (Å²) in [6.07, 6.45) is 0. The molecule has 3 aromatic rings. The molecule has 0 aromatic heterocycles. The van der Waals surface area contributed by atoms with Gasteiger partial charge in [0.1, 0.15) is 23.1 Å². The van der Waals surface area contributed by atoms with Gasteiger partial charge in [0.15, 0.2) is 6.61 Å². The number of piperazine rings is 2. The molecule has 2 fully saturated rings. The first kappa shape index (κ1) is 35.7. The molecule has 3 aromatic carbocycles. The minimum Gasteiger partial charge on any atom is -0.483 e. The Kier molecular flexibility index (Phi) is 12.9.